The topological polar surface area (TPSA) is 166 Å². The molecule has 0 aliphatic carbocycles. The maximum atomic E-state index is 13.1. The molecule has 4 heterocycles. The van der Waals surface area contributed by atoms with Crippen LogP contribution in [0.2, 0.25) is 0 Å². The van der Waals surface area contributed by atoms with Gasteiger partial charge in [0.2, 0.25) is 13.1 Å². The van der Waals surface area contributed by atoms with Gasteiger partial charge in [-0.3, -0.25) is 9.59 Å². The van der Waals surface area contributed by atoms with Crippen molar-refractivity contribution in [2.75, 3.05) is 60.7 Å². The van der Waals surface area contributed by atoms with Crippen LogP contribution in [0, 0.1) is 0 Å². The van der Waals surface area contributed by atoms with Gasteiger partial charge in [-0.2, -0.15) is 9.13 Å². The Morgan fingerprint density at radius 2 is 0.953 bits per heavy atom. The Kier molecular flexibility index (Phi) is 18.2. The number of hydrogen-bond acceptors (Lipinski definition) is 12. The first kappa shape index (κ1) is 47.8. The van der Waals surface area contributed by atoms with Crippen molar-refractivity contribution in [3.8, 4) is 0 Å². The van der Waals surface area contributed by atoms with Crippen LogP contribution < -0.4 is 29.6 Å². The van der Waals surface area contributed by atoms with Crippen LogP contribution in [0.5, 0.6) is 0 Å². The average molecular weight is 911 g/mol. The predicted octanol–water partition coefficient (Wildman–Crippen LogP) is 3.92. The third-order valence-corrected chi connectivity index (χ3v) is 13.1. The lowest BCUT2D eigenvalue weighted by Gasteiger charge is -2.18. The van der Waals surface area contributed by atoms with Gasteiger partial charge in [-0.05, 0) is 73.2 Å². The molecule has 0 bridgehead atoms. The van der Waals surface area contributed by atoms with Crippen molar-refractivity contribution < 1.29 is 48.0 Å². The molecule has 2 saturated heterocycles. The minimum absolute atomic E-state index is 0.0141. The summed E-state index contributed by atoms with van der Waals surface area (Å²) < 4.78 is 13.9. The van der Waals surface area contributed by atoms with Crippen LogP contribution in [0.25, 0.3) is 24.3 Å². The van der Waals surface area contributed by atoms with Gasteiger partial charge in [0.25, 0.3) is 11.8 Å². The molecule has 2 amide bonds. The number of benzene rings is 2. The van der Waals surface area contributed by atoms with Crippen molar-refractivity contribution in [3.05, 3.63) is 120 Å². The molecule has 2 aromatic carbocycles. The lowest BCUT2D eigenvalue weighted by molar-refractivity contribution is -0.684. The third-order valence-electron chi connectivity index (χ3n) is 10.6. The Bertz CT molecular complexity index is 2050. The SMILES string of the molecule is CCOC(=O)C(CSSCC(NC(=O)C[n+]1ccc(C=Cc2ccc(N3CCC(O)C3)cc2)cc1)C(=O)OCC)NC(=O)C[n+]1ccc(C=Cc2ccc(N3CCC(O)C3)cc2)cc1. The number of pyridine rings is 2. The van der Waals surface area contributed by atoms with E-state index < -0.39 is 24.0 Å². The first-order valence-corrected chi connectivity index (χ1v) is 24.1. The highest BCUT2D eigenvalue weighted by atomic mass is 33.1. The lowest BCUT2D eigenvalue weighted by atomic mass is 10.1. The number of rotatable bonds is 21. The van der Waals surface area contributed by atoms with E-state index in [1.807, 2.05) is 72.8 Å². The number of nitrogens with one attached hydrogen (secondary N) is 2. The fourth-order valence-electron chi connectivity index (χ4n) is 7.17. The van der Waals surface area contributed by atoms with E-state index in [4.69, 9.17) is 9.47 Å². The van der Waals surface area contributed by atoms with Gasteiger partial charge >= 0.3 is 11.9 Å². The first-order chi connectivity index (χ1) is 31.0. The second-order valence-electron chi connectivity index (χ2n) is 15.5. The summed E-state index contributed by atoms with van der Waals surface area (Å²) in [6, 6.07) is 22.1. The van der Waals surface area contributed by atoms with Crippen LogP contribution in [-0.2, 0) is 41.7 Å². The molecule has 0 saturated carbocycles. The number of β-amino-alcohol motifs (C(OH)–C–C–N with tert-alkyl or cyclic N) is 2. The van der Waals surface area contributed by atoms with Gasteiger partial charge < -0.3 is 40.1 Å². The van der Waals surface area contributed by atoms with E-state index in [-0.39, 0.29) is 61.8 Å². The molecule has 14 nitrogen and oxygen atoms in total. The average Bonchev–Trinajstić information content (AvgIpc) is 3.94. The van der Waals surface area contributed by atoms with Gasteiger partial charge in [-0.25, -0.2) is 9.59 Å². The number of ether oxygens (including phenoxy) is 2. The molecule has 2 aliphatic heterocycles. The van der Waals surface area contributed by atoms with E-state index in [0.29, 0.717) is 13.1 Å². The highest BCUT2D eigenvalue weighted by molar-refractivity contribution is 8.76. The molecular weight excluding hydrogens is 853 g/mol. The first-order valence-electron chi connectivity index (χ1n) is 21.6. The Hall–Kier alpha value is -5.68. The van der Waals surface area contributed by atoms with Crippen LogP contribution >= 0.6 is 21.6 Å². The fourth-order valence-corrected chi connectivity index (χ4v) is 9.46. The summed E-state index contributed by atoms with van der Waals surface area (Å²) in [5, 5.41) is 25.2. The second kappa shape index (κ2) is 24.4. The van der Waals surface area contributed by atoms with Crippen LogP contribution in [0.15, 0.2) is 97.6 Å². The predicted molar refractivity (Wildman–Crippen MR) is 252 cm³/mol. The summed E-state index contributed by atoms with van der Waals surface area (Å²) in [6.07, 6.45) is 16.2. The Morgan fingerprint density at radius 1 is 0.609 bits per heavy atom. The highest BCUT2D eigenvalue weighted by Crippen LogP contribution is 2.25. The molecule has 0 radical (unpaired) electrons. The summed E-state index contributed by atoms with van der Waals surface area (Å²) >= 11 is 0. The zero-order chi connectivity index (χ0) is 45.3. The van der Waals surface area contributed by atoms with Crippen LogP contribution in [-0.4, -0.2) is 109 Å². The minimum atomic E-state index is -0.935. The van der Waals surface area contributed by atoms with Gasteiger partial charge in [0, 0.05) is 73.3 Å². The summed E-state index contributed by atoms with van der Waals surface area (Å²) in [5.74, 6) is -1.54. The maximum Gasteiger partial charge on any atom is 0.329 e. The molecule has 4 unspecified atom stereocenters. The van der Waals surface area contributed by atoms with E-state index in [0.717, 1.165) is 59.6 Å². The highest BCUT2D eigenvalue weighted by Gasteiger charge is 2.27. The van der Waals surface area contributed by atoms with E-state index in [1.165, 1.54) is 21.6 Å². The monoisotopic (exact) mass is 910 g/mol. The number of esters is 2. The normalized spacial score (nSPS) is 17.1. The van der Waals surface area contributed by atoms with Gasteiger partial charge in [-0.1, -0.05) is 70.2 Å². The smallest absolute Gasteiger partial charge is 0.329 e. The number of hydrogen-bond donors (Lipinski definition) is 4. The van der Waals surface area contributed by atoms with Gasteiger partial charge in [0.15, 0.2) is 24.8 Å². The maximum absolute atomic E-state index is 13.1. The Labute approximate surface area is 382 Å². The molecule has 0 spiro atoms. The molecule has 4 N–H and O–H groups in total. The molecule has 2 aromatic heterocycles. The zero-order valence-corrected chi connectivity index (χ0v) is 37.9. The van der Waals surface area contributed by atoms with Crippen LogP contribution in [0.4, 0.5) is 11.4 Å². The number of amides is 2. The van der Waals surface area contributed by atoms with Crippen molar-refractivity contribution in [2.45, 2.75) is 64.1 Å². The number of carbonyl (C=O) groups excluding carboxylic acids is 4. The summed E-state index contributed by atoms with van der Waals surface area (Å²) in [4.78, 5) is 56.3. The second-order valence-corrected chi connectivity index (χ2v) is 18.1. The van der Waals surface area contributed by atoms with E-state index in [1.54, 1.807) is 47.8 Å². The standard InChI is InChI=1S/C48H56N6O8S2/c1-3-61-47(59)43(49-45(57)31-51-23-17-37(18-24-51)7-5-35-9-13-39(14-10-35)53-27-21-41(55)29-53)33-63-64-34-44(48(60)62-4-2)50-46(58)32-52-25-19-38(20-26-52)8-6-36-11-15-40(16-12-36)54-28-22-42(56)30-54/h5-20,23-26,41-44,55-56H,3-4,21-22,27-34H2,1-2H3/p+2. The van der Waals surface area contributed by atoms with Crippen molar-refractivity contribution in [2.24, 2.45) is 0 Å². The van der Waals surface area contributed by atoms with E-state index in [9.17, 15) is 29.4 Å². The van der Waals surface area contributed by atoms with Crippen LogP contribution in [0.1, 0.15) is 48.9 Å². The van der Waals surface area contributed by atoms with Crippen molar-refractivity contribution in [1.29, 1.82) is 0 Å². The van der Waals surface area contributed by atoms with Gasteiger partial charge in [-0.15, -0.1) is 0 Å². The van der Waals surface area contributed by atoms with E-state index in [2.05, 4.69) is 44.7 Å². The Balaban J connectivity index is 0.939. The van der Waals surface area contributed by atoms with Crippen molar-refractivity contribution in [3.63, 3.8) is 0 Å². The number of nitrogens with zero attached hydrogens (tertiary/aromatic N) is 4. The van der Waals surface area contributed by atoms with Crippen molar-refractivity contribution >= 4 is 81.0 Å². The number of aromatic nitrogens is 2. The van der Waals surface area contributed by atoms with Crippen LogP contribution in [0.3, 0.4) is 0 Å². The molecule has 4 aromatic rings. The molecule has 64 heavy (non-hydrogen) atoms. The largest absolute Gasteiger partial charge is 0.464 e. The summed E-state index contributed by atoms with van der Waals surface area (Å²) in [6.45, 7) is 6.67. The molecular formula is C48H58N6O8S2+2. The molecule has 16 heteroatoms. The molecule has 2 aliphatic rings. The van der Waals surface area contributed by atoms with Crippen molar-refractivity contribution in [1.82, 2.24) is 10.6 Å². The summed E-state index contributed by atoms with van der Waals surface area (Å²) in [5.41, 5.74) is 6.18. The number of aliphatic hydroxyl groups excluding tert-OH is 2. The zero-order valence-electron chi connectivity index (χ0n) is 36.3. The third kappa shape index (κ3) is 15.0. The Morgan fingerprint density at radius 3 is 1.27 bits per heavy atom. The quantitative estimate of drug-likeness (QED) is 0.0413. The molecule has 6 rings (SSSR count). The minimum Gasteiger partial charge on any atom is -0.464 e. The number of aliphatic hydroxyl groups is 2. The lowest BCUT2D eigenvalue weighted by Crippen LogP contribution is -2.50. The molecule has 338 valence electrons. The molecule has 2 fully saturated rings. The molecule has 4 atom stereocenters. The summed E-state index contributed by atoms with van der Waals surface area (Å²) in [7, 11) is 2.55. The number of carbonyl (C=O) groups is 4. The fraction of sp³-hybridized carbons (Fsp3) is 0.375. The van der Waals surface area contributed by atoms with Gasteiger partial charge in [0.1, 0.15) is 12.1 Å². The van der Waals surface area contributed by atoms with Gasteiger partial charge in [0.05, 0.1) is 25.4 Å². The number of anilines is 2. The van der Waals surface area contributed by atoms with E-state index >= 15 is 0 Å².